The molecule has 1 aliphatic heterocycles. The molecule has 1 saturated carbocycles. The van der Waals surface area contributed by atoms with Crippen molar-refractivity contribution in [3.63, 3.8) is 0 Å². The lowest BCUT2D eigenvalue weighted by molar-refractivity contribution is 0.407. The first-order chi connectivity index (χ1) is 7.68. The molecule has 0 aromatic carbocycles. The molecule has 0 aromatic rings. The van der Waals surface area contributed by atoms with Crippen molar-refractivity contribution in [2.24, 2.45) is 0 Å². The highest BCUT2D eigenvalue weighted by Crippen LogP contribution is 2.20. The van der Waals surface area contributed by atoms with Gasteiger partial charge in [0.15, 0.2) is 0 Å². The molecule has 1 heterocycles. The van der Waals surface area contributed by atoms with Crippen LogP contribution in [0.1, 0.15) is 51.4 Å². The van der Waals surface area contributed by atoms with Gasteiger partial charge < -0.3 is 0 Å². The minimum absolute atomic E-state index is 0.188. The largest absolute Gasteiger partial charge is 0.279 e. The molecule has 0 aromatic heterocycles. The molecular formula is C11H22N2O2S. The van der Waals surface area contributed by atoms with Crippen LogP contribution >= 0.6 is 0 Å². The fourth-order valence-electron chi connectivity index (χ4n) is 2.61. The van der Waals surface area contributed by atoms with Gasteiger partial charge in [0.1, 0.15) is 0 Å². The highest BCUT2D eigenvalue weighted by atomic mass is 32.2. The summed E-state index contributed by atoms with van der Waals surface area (Å²) in [6.45, 7) is 1.39. The Morgan fingerprint density at radius 2 is 1.44 bits per heavy atom. The SMILES string of the molecule is O=S(=O)(NC1CCCC1)N1CCCCCC1. The highest BCUT2D eigenvalue weighted by molar-refractivity contribution is 7.87. The van der Waals surface area contributed by atoms with Crippen LogP contribution in [0.2, 0.25) is 0 Å². The normalized spacial score (nSPS) is 25.8. The predicted molar refractivity (Wildman–Crippen MR) is 64.4 cm³/mol. The smallest absolute Gasteiger partial charge is 0.199 e. The maximum Gasteiger partial charge on any atom is 0.279 e. The summed E-state index contributed by atoms with van der Waals surface area (Å²) < 4.78 is 28.7. The van der Waals surface area contributed by atoms with Gasteiger partial charge in [0.05, 0.1) is 0 Å². The van der Waals surface area contributed by atoms with Gasteiger partial charge in [-0.2, -0.15) is 17.4 Å². The van der Waals surface area contributed by atoms with E-state index in [1.54, 1.807) is 4.31 Å². The number of nitrogens with zero attached hydrogens (tertiary/aromatic N) is 1. The van der Waals surface area contributed by atoms with Gasteiger partial charge in [-0.05, 0) is 25.7 Å². The maximum absolute atomic E-state index is 12.1. The van der Waals surface area contributed by atoms with Gasteiger partial charge in [0, 0.05) is 19.1 Å². The Kier molecular flexibility index (Phi) is 4.21. The molecule has 2 fully saturated rings. The first kappa shape index (κ1) is 12.3. The fourth-order valence-corrected chi connectivity index (χ4v) is 4.16. The van der Waals surface area contributed by atoms with E-state index in [1.807, 2.05) is 0 Å². The van der Waals surface area contributed by atoms with Crippen molar-refractivity contribution >= 4 is 10.2 Å². The summed E-state index contributed by atoms with van der Waals surface area (Å²) in [5, 5.41) is 0. The lowest BCUT2D eigenvalue weighted by atomic mass is 10.2. The van der Waals surface area contributed by atoms with E-state index in [-0.39, 0.29) is 6.04 Å². The first-order valence-corrected chi connectivity index (χ1v) is 7.90. The van der Waals surface area contributed by atoms with E-state index in [0.717, 1.165) is 51.4 Å². The molecule has 0 radical (unpaired) electrons. The van der Waals surface area contributed by atoms with Crippen LogP contribution in [0.15, 0.2) is 0 Å². The molecule has 94 valence electrons. The number of hydrogen-bond acceptors (Lipinski definition) is 2. The lowest BCUT2D eigenvalue weighted by Gasteiger charge is -2.22. The van der Waals surface area contributed by atoms with Gasteiger partial charge in [-0.25, -0.2) is 0 Å². The van der Waals surface area contributed by atoms with E-state index in [2.05, 4.69) is 4.72 Å². The van der Waals surface area contributed by atoms with Crippen LogP contribution in [-0.2, 0) is 10.2 Å². The zero-order chi connectivity index (χ0) is 11.4. The molecule has 0 bridgehead atoms. The van der Waals surface area contributed by atoms with Crippen molar-refractivity contribution in [1.82, 2.24) is 9.03 Å². The summed E-state index contributed by atoms with van der Waals surface area (Å²) in [6, 6.07) is 0.188. The monoisotopic (exact) mass is 246 g/mol. The average Bonchev–Trinajstić information content (AvgIpc) is 2.56. The third kappa shape index (κ3) is 3.18. The quantitative estimate of drug-likeness (QED) is 0.823. The van der Waals surface area contributed by atoms with E-state index < -0.39 is 10.2 Å². The van der Waals surface area contributed by atoms with Crippen LogP contribution in [-0.4, -0.2) is 31.9 Å². The van der Waals surface area contributed by atoms with Crippen molar-refractivity contribution in [2.75, 3.05) is 13.1 Å². The molecule has 1 aliphatic carbocycles. The molecule has 0 spiro atoms. The minimum Gasteiger partial charge on any atom is -0.199 e. The van der Waals surface area contributed by atoms with Crippen molar-refractivity contribution in [2.45, 2.75) is 57.4 Å². The summed E-state index contributed by atoms with van der Waals surface area (Å²) in [4.78, 5) is 0. The van der Waals surface area contributed by atoms with Crippen molar-refractivity contribution < 1.29 is 8.42 Å². The second kappa shape index (κ2) is 5.47. The Hall–Kier alpha value is -0.130. The molecule has 0 unspecified atom stereocenters. The van der Waals surface area contributed by atoms with Crippen molar-refractivity contribution in [1.29, 1.82) is 0 Å². The summed E-state index contributed by atoms with van der Waals surface area (Å²) in [6.07, 6.45) is 8.67. The van der Waals surface area contributed by atoms with Gasteiger partial charge in [0.25, 0.3) is 10.2 Å². The molecule has 2 aliphatic rings. The highest BCUT2D eigenvalue weighted by Gasteiger charge is 2.27. The second-order valence-electron chi connectivity index (χ2n) is 4.92. The van der Waals surface area contributed by atoms with Gasteiger partial charge in [-0.3, -0.25) is 0 Å². The maximum atomic E-state index is 12.1. The van der Waals surface area contributed by atoms with Crippen molar-refractivity contribution in [3.05, 3.63) is 0 Å². The molecule has 0 atom stereocenters. The van der Waals surface area contributed by atoms with Gasteiger partial charge in [-0.15, -0.1) is 0 Å². The number of rotatable bonds is 3. The zero-order valence-corrected chi connectivity index (χ0v) is 10.6. The average molecular weight is 246 g/mol. The van der Waals surface area contributed by atoms with Gasteiger partial charge >= 0.3 is 0 Å². The summed E-state index contributed by atoms with van der Waals surface area (Å²) in [7, 11) is -3.21. The van der Waals surface area contributed by atoms with E-state index in [0.29, 0.717) is 13.1 Å². The predicted octanol–water partition coefficient (Wildman–Crippen LogP) is 1.64. The third-order valence-corrected chi connectivity index (χ3v) is 5.25. The van der Waals surface area contributed by atoms with Crippen LogP contribution in [0.4, 0.5) is 0 Å². The topological polar surface area (TPSA) is 49.4 Å². The number of hydrogen-bond donors (Lipinski definition) is 1. The van der Waals surface area contributed by atoms with E-state index >= 15 is 0 Å². The Morgan fingerprint density at radius 1 is 0.875 bits per heavy atom. The molecule has 5 heteroatoms. The van der Waals surface area contributed by atoms with Crippen molar-refractivity contribution in [3.8, 4) is 0 Å². The zero-order valence-electron chi connectivity index (χ0n) is 9.82. The first-order valence-electron chi connectivity index (χ1n) is 6.46. The molecule has 2 rings (SSSR count). The van der Waals surface area contributed by atoms with Crippen LogP contribution in [0, 0.1) is 0 Å². The fraction of sp³-hybridized carbons (Fsp3) is 1.00. The van der Waals surface area contributed by atoms with Crippen LogP contribution < -0.4 is 4.72 Å². The molecule has 0 amide bonds. The van der Waals surface area contributed by atoms with Crippen LogP contribution in [0.3, 0.4) is 0 Å². The van der Waals surface area contributed by atoms with Crippen LogP contribution in [0.25, 0.3) is 0 Å². The summed E-state index contributed by atoms with van der Waals surface area (Å²) in [5.74, 6) is 0. The van der Waals surface area contributed by atoms with Gasteiger partial charge in [0.2, 0.25) is 0 Å². The molecule has 1 saturated heterocycles. The Balaban J connectivity index is 1.93. The minimum atomic E-state index is -3.21. The number of nitrogens with one attached hydrogen (secondary N) is 1. The lowest BCUT2D eigenvalue weighted by Crippen LogP contribution is -2.44. The van der Waals surface area contributed by atoms with Gasteiger partial charge in [-0.1, -0.05) is 25.7 Å². The standard InChI is InChI=1S/C11H22N2O2S/c14-16(15,12-11-7-3-4-8-11)13-9-5-1-2-6-10-13/h11-12H,1-10H2. The molecule has 16 heavy (non-hydrogen) atoms. The summed E-state index contributed by atoms with van der Waals surface area (Å²) >= 11 is 0. The van der Waals surface area contributed by atoms with E-state index in [4.69, 9.17) is 0 Å². The van der Waals surface area contributed by atoms with E-state index in [9.17, 15) is 8.42 Å². The Morgan fingerprint density at radius 3 is 2.00 bits per heavy atom. The van der Waals surface area contributed by atoms with E-state index in [1.165, 1.54) is 0 Å². The summed E-state index contributed by atoms with van der Waals surface area (Å²) in [5.41, 5.74) is 0. The Labute approximate surface area is 98.6 Å². The Bertz CT molecular complexity index is 302. The molecular weight excluding hydrogens is 224 g/mol. The third-order valence-electron chi connectivity index (χ3n) is 3.58. The second-order valence-corrected chi connectivity index (χ2v) is 6.62. The molecule has 1 N–H and O–H groups in total. The van der Waals surface area contributed by atoms with Crippen LogP contribution in [0.5, 0.6) is 0 Å². The molecule has 4 nitrogen and oxygen atoms in total.